The third-order valence-electron chi connectivity index (χ3n) is 4.28. The molecule has 0 heterocycles. The number of carboxylic acid groups (broad SMARTS) is 1. The van der Waals surface area contributed by atoms with Gasteiger partial charge in [-0.2, -0.15) is 0 Å². The molecule has 0 aliphatic heterocycles. The minimum atomic E-state index is -0.786. The van der Waals surface area contributed by atoms with Gasteiger partial charge >= 0.3 is 5.97 Å². The molecular formula is C19H30O4. The van der Waals surface area contributed by atoms with Gasteiger partial charge in [0.05, 0.1) is 6.10 Å². The van der Waals surface area contributed by atoms with Gasteiger partial charge in [0.25, 0.3) is 0 Å². The molecule has 130 valence electrons. The van der Waals surface area contributed by atoms with Gasteiger partial charge in [-0.05, 0) is 43.9 Å². The van der Waals surface area contributed by atoms with Crippen LogP contribution in [0.15, 0.2) is 24.3 Å². The first-order valence-electron chi connectivity index (χ1n) is 8.66. The van der Waals surface area contributed by atoms with E-state index in [-0.39, 0.29) is 18.3 Å². The zero-order valence-corrected chi connectivity index (χ0v) is 14.3. The quantitative estimate of drug-likeness (QED) is 0.601. The minimum Gasteiger partial charge on any atom is -0.481 e. The second-order valence-corrected chi connectivity index (χ2v) is 6.84. The molecule has 0 saturated heterocycles. The zero-order chi connectivity index (χ0) is 17.2. The van der Waals surface area contributed by atoms with Gasteiger partial charge in [-0.3, -0.25) is 9.59 Å². The molecule has 4 nitrogen and oxygen atoms in total. The van der Waals surface area contributed by atoms with Gasteiger partial charge in [-0.25, -0.2) is 0 Å². The van der Waals surface area contributed by atoms with Crippen molar-refractivity contribution in [2.75, 3.05) is 0 Å². The molecule has 0 amide bonds. The highest BCUT2D eigenvalue weighted by Gasteiger charge is 2.32. The predicted octanol–water partition coefficient (Wildman–Crippen LogP) is 3.75. The Labute approximate surface area is 139 Å². The summed E-state index contributed by atoms with van der Waals surface area (Å²) in [7, 11) is 0. The van der Waals surface area contributed by atoms with Crippen LogP contribution in [-0.2, 0) is 9.59 Å². The molecule has 2 N–H and O–H groups in total. The summed E-state index contributed by atoms with van der Waals surface area (Å²) < 4.78 is 0. The number of aliphatic carboxylic acids is 1. The van der Waals surface area contributed by atoms with Gasteiger partial charge in [0.2, 0.25) is 0 Å². The smallest absolute Gasteiger partial charge is 0.303 e. The van der Waals surface area contributed by atoms with Crippen molar-refractivity contribution in [2.24, 2.45) is 17.8 Å². The molecule has 0 spiro atoms. The normalized spacial score (nSPS) is 23.4. The first-order chi connectivity index (χ1) is 10.9. The van der Waals surface area contributed by atoms with E-state index in [2.05, 4.69) is 13.8 Å². The Morgan fingerprint density at radius 2 is 2.00 bits per heavy atom. The Morgan fingerprint density at radius 3 is 2.65 bits per heavy atom. The zero-order valence-electron chi connectivity index (χ0n) is 14.3. The largest absolute Gasteiger partial charge is 0.481 e. The Morgan fingerprint density at radius 1 is 1.30 bits per heavy atom. The number of hydrogen-bond acceptors (Lipinski definition) is 3. The molecule has 0 aromatic rings. The monoisotopic (exact) mass is 322 g/mol. The van der Waals surface area contributed by atoms with Gasteiger partial charge in [0.15, 0.2) is 0 Å². The molecule has 0 radical (unpaired) electrons. The first-order valence-corrected chi connectivity index (χ1v) is 8.66. The van der Waals surface area contributed by atoms with Crippen molar-refractivity contribution in [2.45, 2.75) is 64.9 Å². The molecule has 3 atom stereocenters. The van der Waals surface area contributed by atoms with Crippen LogP contribution in [-0.4, -0.2) is 28.1 Å². The summed E-state index contributed by atoms with van der Waals surface area (Å²) in [5.74, 6) is 0.257. The molecule has 1 rings (SSSR count). The van der Waals surface area contributed by atoms with E-state index < -0.39 is 12.1 Å². The Kier molecular flexibility index (Phi) is 8.85. The number of aliphatic hydroxyl groups is 1. The van der Waals surface area contributed by atoms with E-state index in [4.69, 9.17) is 5.11 Å². The number of rotatable bonds is 10. The van der Waals surface area contributed by atoms with Gasteiger partial charge < -0.3 is 10.2 Å². The van der Waals surface area contributed by atoms with Crippen LogP contribution >= 0.6 is 0 Å². The highest BCUT2D eigenvalue weighted by Crippen LogP contribution is 2.33. The third kappa shape index (κ3) is 8.12. The standard InChI is InChI=1S/C19H30O4/c1-14(2)13-16(20)11-9-15-10-12-18(21)17(15)7-5-3-4-6-8-19(22)23/h3-4,9,11,14-17,20H,5-8,10,12-13H2,1-2H3,(H,22,23)/t15-,16?,17-/m0/s1. The molecule has 4 heteroatoms. The first kappa shape index (κ1) is 19.6. The fraction of sp³-hybridized carbons (Fsp3) is 0.684. The number of hydrogen-bond donors (Lipinski definition) is 2. The number of carbonyl (C=O) groups excluding carboxylic acids is 1. The lowest BCUT2D eigenvalue weighted by molar-refractivity contribution is -0.136. The van der Waals surface area contributed by atoms with Gasteiger partial charge in [-0.15, -0.1) is 0 Å². The topological polar surface area (TPSA) is 74.6 Å². The average molecular weight is 322 g/mol. The van der Waals surface area contributed by atoms with Crippen molar-refractivity contribution in [3.8, 4) is 0 Å². The fourth-order valence-corrected chi connectivity index (χ4v) is 3.09. The van der Waals surface area contributed by atoms with Crippen LogP contribution < -0.4 is 0 Å². The second kappa shape index (κ2) is 10.4. The molecule has 1 saturated carbocycles. The molecule has 1 aliphatic carbocycles. The van der Waals surface area contributed by atoms with Crippen molar-refractivity contribution in [3.05, 3.63) is 24.3 Å². The Bertz CT molecular complexity index is 437. The lowest BCUT2D eigenvalue weighted by Crippen LogP contribution is -2.14. The maximum absolute atomic E-state index is 12.0. The van der Waals surface area contributed by atoms with Gasteiger partial charge in [-0.1, -0.05) is 38.2 Å². The lowest BCUT2D eigenvalue weighted by Gasteiger charge is -2.15. The van der Waals surface area contributed by atoms with E-state index in [9.17, 15) is 14.7 Å². The van der Waals surface area contributed by atoms with E-state index in [0.717, 1.165) is 25.7 Å². The number of carboxylic acids is 1. The number of aliphatic hydroxyl groups excluding tert-OH is 1. The summed E-state index contributed by atoms with van der Waals surface area (Å²) in [4.78, 5) is 22.4. The van der Waals surface area contributed by atoms with Gasteiger partial charge in [0.1, 0.15) is 5.78 Å². The van der Waals surface area contributed by atoms with Crippen LogP contribution in [0, 0.1) is 17.8 Å². The molecular weight excluding hydrogens is 292 g/mol. The minimum absolute atomic E-state index is 0.0432. The summed E-state index contributed by atoms with van der Waals surface area (Å²) in [6, 6.07) is 0. The summed E-state index contributed by atoms with van der Waals surface area (Å²) in [5.41, 5.74) is 0. The maximum Gasteiger partial charge on any atom is 0.303 e. The number of carbonyl (C=O) groups is 2. The number of Topliss-reactive ketones (excluding diaryl/α,β-unsaturated/α-hetero) is 1. The van der Waals surface area contributed by atoms with Crippen molar-refractivity contribution in [3.63, 3.8) is 0 Å². The highest BCUT2D eigenvalue weighted by atomic mass is 16.4. The highest BCUT2D eigenvalue weighted by molar-refractivity contribution is 5.83. The van der Waals surface area contributed by atoms with Crippen molar-refractivity contribution in [1.82, 2.24) is 0 Å². The molecule has 23 heavy (non-hydrogen) atoms. The van der Waals surface area contributed by atoms with Crippen LogP contribution in [0.1, 0.15) is 58.8 Å². The molecule has 1 fully saturated rings. The summed E-state index contributed by atoms with van der Waals surface area (Å²) in [6.07, 6.45) is 11.8. The summed E-state index contributed by atoms with van der Waals surface area (Å²) >= 11 is 0. The molecule has 0 bridgehead atoms. The van der Waals surface area contributed by atoms with E-state index >= 15 is 0 Å². The predicted molar refractivity (Wildman–Crippen MR) is 91.1 cm³/mol. The van der Waals surface area contributed by atoms with Crippen molar-refractivity contribution >= 4 is 11.8 Å². The van der Waals surface area contributed by atoms with E-state index in [1.807, 2.05) is 24.3 Å². The molecule has 1 aliphatic rings. The van der Waals surface area contributed by atoms with Gasteiger partial charge in [0, 0.05) is 18.8 Å². The molecule has 0 aromatic carbocycles. The molecule has 1 unspecified atom stereocenters. The van der Waals surface area contributed by atoms with E-state index in [1.54, 1.807) is 0 Å². The second-order valence-electron chi connectivity index (χ2n) is 6.84. The summed E-state index contributed by atoms with van der Waals surface area (Å²) in [5, 5.41) is 18.5. The van der Waals surface area contributed by atoms with Crippen LogP contribution in [0.3, 0.4) is 0 Å². The summed E-state index contributed by atoms with van der Waals surface area (Å²) in [6.45, 7) is 4.16. The van der Waals surface area contributed by atoms with E-state index in [1.165, 1.54) is 0 Å². The van der Waals surface area contributed by atoms with Crippen LogP contribution in [0.5, 0.6) is 0 Å². The van der Waals surface area contributed by atoms with Crippen molar-refractivity contribution < 1.29 is 19.8 Å². The lowest BCUT2D eigenvalue weighted by atomic mass is 9.90. The fourth-order valence-electron chi connectivity index (χ4n) is 3.09. The maximum atomic E-state index is 12.0. The Hall–Kier alpha value is -1.42. The Balaban J connectivity index is 2.40. The van der Waals surface area contributed by atoms with Crippen LogP contribution in [0.2, 0.25) is 0 Å². The average Bonchev–Trinajstić information content (AvgIpc) is 2.80. The number of ketones is 1. The third-order valence-corrected chi connectivity index (χ3v) is 4.28. The SMILES string of the molecule is CC(C)CC(O)C=C[C@H]1CCC(=O)[C@H]1CCC=CCCC(=O)O. The van der Waals surface area contributed by atoms with Crippen molar-refractivity contribution in [1.29, 1.82) is 0 Å². The van der Waals surface area contributed by atoms with E-state index in [0.29, 0.717) is 24.5 Å². The number of allylic oxidation sites excluding steroid dienone is 3. The molecule has 0 aromatic heterocycles. The van der Waals surface area contributed by atoms with Crippen LogP contribution in [0.25, 0.3) is 0 Å². The van der Waals surface area contributed by atoms with Crippen LogP contribution in [0.4, 0.5) is 0 Å².